The molecule has 1 fully saturated rings. The summed E-state index contributed by atoms with van der Waals surface area (Å²) in [6.45, 7) is 16.7. The first-order valence-electron chi connectivity index (χ1n) is 6.52. The second-order valence-electron chi connectivity index (χ2n) is 8.49. The van der Waals surface area contributed by atoms with Gasteiger partial charge in [-0.3, -0.25) is 0 Å². The first-order valence-corrected chi connectivity index (χ1v) is 6.52. The molecule has 0 heteroatoms. The molecule has 1 rings (SSSR count). The summed E-state index contributed by atoms with van der Waals surface area (Å²) >= 11 is 0. The van der Waals surface area contributed by atoms with Crippen LogP contribution in [0, 0.1) is 22.2 Å². The Balaban J connectivity index is 2.65. The third kappa shape index (κ3) is 4.17. The Labute approximate surface area is 96.8 Å². The third-order valence-electron chi connectivity index (χ3n) is 3.37. The van der Waals surface area contributed by atoms with Crippen molar-refractivity contribution in [3.63, 3.8) is 0 Å². The van der Waals surface area contributed by atoms with Crippen molar-refractivity contribution in [1.29, 1.82) is 0 Å². The zero-order chi connectivity index (χ0) is 11.9. The molecule has 1 saturated carbocycles. The van der Waals surface area contributed by atoms with Gasteiger partial charge in [0.25, 0.3) is 0 Å². The van der Waals surface area contributed by atoms with Gasteiger partial charge in [0.05, 0.1) is 0 Å². The molecule has 0 radical (unpaired) electrons. The van der Waals surface area contributed by atoms with Crippen LogP contribution in [0.3, 0.4) is 0 Å². The van der Waals surface area contributed by atoms with Crippen LogP contribution < -0.4 is 0 Å². The zero-order valence-electron chi connectivity index (χ0n) is 11.9. The van der Waals surface area contributed by atoms with Gasteiger partial charge in [-0.15, -0.1) is 0 Å². The highest BCUT2D eigenvalue weighted by atomic mass is 14.5. The van der Waals surface area contributed by atoms with Crippen LogP contribution in [0.4, 0.5) is 0 Å². The molecule has 0 amide bonds. The molecule has 0 aromatic carbocycles. The van der Waals surface area contributed by atoms with Gasteiger partial charge in [0.2, 0.25) is 0 Å². The van der Waals surface area contributed by atoms with Crippen LogP contribution >= 0.6 is 0 Å². The molecule has 0 bridgehead atoms. The van der Waals surface area contributed by atoms with E-state index >= 15 is 0 Å². The molecule has 90 valence electrons. The van der Waals surface area contributed by atoms with Crippen molar-refractivity contribution in [2.24, 2.45) is 22.2 Å². The second-order valence-corrected chi connectivity index (χ2v) is 8.49. The molecule has 1 aliphatic rings. The second kappa shape index (κ2) is 3.79. The fraction of sp³-hybridized carbons (Fsp3) is 1.00. The van der Waals surface area contributed by atoms with E-state index in [4.69, 9.17) is 0 Å². The number of hydrogen-bond acceptors (Lipinski definition) is 0. The molecule has 0 aromatic rings. The first-order chi connectivity index (χ1) is 6.52. The SMILES string of the molecule is CC1CC(CC(C)(C)C)(CC(C)(C)C)C1. The fourth-order valence-electron chi connectivity index (χ4n) is 4.02. The average Bonchev–Trinajstić information content (AvgIpc) is 1.73. The predicted molar refractivity (Wildman–Crippen MR) is 69.0 cm³/mol. The van der Waals surface area contributed by atoms with Gasteiger partial charge in [0.15, 0.2) is 0 Å². The quantitative estimate of drug-likeness (QED) is 0.582. The summed E-state index contributed by atoms with van der Waals surface area (Å²) in [5, 5.41) is 0. The van der Waals surface area contributed by atoms with Gasteiger partial charge in [0, 0.05) is 0 Å². The monoisotopic (exact) mass is 210 g/mol. The molecule has 0 aromatic heterocycles. The Morgan fingerprint density at radius 3 is 1.40 bits per heavy atom. The normalized spacial score (nSPS) is 22.6. The van der Waals surface area contributed by atoms with Gasteiger partial charge >= 0.3 is 0 Å². The third-order valence-corrected chi connectivity index (χ3v) is 3.37. The van der Waals surface area contributed by atoms with E-state index in [1.54, 1.807) is 0 Å². The highest BCUT2D eigenvalue weighted by Crippen LogP contribution is 2.57. The fourth-order valence-corrected chi connectivity index (χ4v) is 4.02. The molecule has 0 saturated heterocycles. The molecule has 0 N–H and O–H groups in total. The number of hydrogen-bond donors (Lipinski definition) is 0. The van der Waals surface area contributed by atoms with Crippen LogP contribution in [0.15, 0.2) is 0 Å². The van der Waals surface area contributed by atoms with E-state index in [9.17, 15) is 0 Å². The Morgan fingerprint density at radius 1 is 0.867 bits per heavy atom. The van der Waals surface area contributed by atoms with Crippen molar-refractivity contribution in [3.8, 4) is 0 Å². The lowest BCUT2D eigenvalue weighted by molar-refractivity contribution is -0.0158. The predicted octanol–water partition coefficient (Wildman–Crippen LogP) is 5.28. The molecular weight excluding hydrogens is 180 g/mol. The van der Waals surface area contributed by atoms with Crippen LogP contribution in [0.25, 0.3) is 0 Å². The minimum Gasteiger partial charge on any atom is -0.0625 e. The minimum atomic E-state index is 0.491. The van der Waals surface area contributed by atoms with Crippen molar-refractivity contribution in [1.82, 2.24) is 0 Å². The average molecular weight is 210 g/mol. The summed E-state index contributed by atoms with van der Waals surface area (Å²) in [5.41, 5.74) is 1.65. The topological polar surface area (TPSA) is 0 Å². The summed E-state index contributed by atoms with van der Waals surface area (Å²) in [5.74, 6) is 0.967. The van der Waals surface area contributed by atoms with E-state index in [2.05, 4.69) is 48.5 Å². The van der Waals surface area contributed by atoms with Crippen molar-refractivity contribution >= 4 is 0 Å². The molecule has 0 unspecified atom stereocenters. The van der Waals surface area contributed by atoms with Crippen LogP contribution in [0.1, 0.15) is 74.1 Å². The van der Waals surface area contributed by atoms with Crippen molar-refractivity contribution < 1.29 is 0 Å². The van der Waals surface area contributed by atoms with Gasteiger partial charge in [-0.25, -0.2) is 0 Å². The van der Waals surface area contributed by atoms with Crippen LogP contribution in [0.2, 0.25) is 0 Å². The highest BCUT2D eigenvalue weighted by Gasteiger charge is 2.45. The van der Waals surface area contributed by atoms with Crippen LogP contribution in [0.5, 0.6) is 0 Å². The Morgan fingerprint density at radius 2 is 1.20 bits per heavy atom. The molecule has 1 aliphatic carbocycles. The van der Waals surface area contributed by atoms with E-state index in [0.717, 1.165) is 5.92 Å². The molecule has 0 spiro atoms. The molecular formula is C15H30. The van der Waals surface area contributed by atoms with E-state index in [0.29, 0.717) is 16.2 Å². The maximum atomic E-state index is 2.41. The van der Waals surface area contributed by atoms with Gasteiger partial charge < -0.3 is 0 Å². The lowest BCUT2D eigenvalue weighted by Crippen LogP contribution is -2.41. The van der Waals surface area contributed by atoms with Crippen LogP contribution in [-0.2, 0) is 0 Å². The summed E-state index contributed by atoms with van der Waals surface area (Å²) in [4.78, 5) is 0. The van der Waals surface area contributed by atoms with Gasteiger partial charge in [-0.05, 0) is 47.8 Å². The summed E-state index contributed by atoms with van der Waals surface area (Å²) in [7, 11) is 0. The van der Waals surface area contributed by atoms with Crippen molar-refractivity contribution in [2.75, 3.05) is 0 Å². The largest absolute Gasteiger partial charge is 0.0625 e. The summed E-state index contributed by atoms with van der Waals surface area (Å²) in [6.07, 6.45) is 5.73. The maximum Gasteiger partial charge on any atom is -0.0282 e. The van der Waals surface area contributed by atoms with Gasteiger partial charge in [-0.1, -0.05) is 48.5 Å². The van der Waals surface area contributed by atoms with Gasteiger partial charge in [-0.2, -0.15) is 0 Å². The van der Waals surface area contributed by atoms with Crippen molar-refractivity contribution in [3.05, 3.63) is 0 Å². The molecule has 0 atom stereocenters. The lowest BCUT2D eigenvalue weighted by Gasteiger charge is -2.52. The number of rotatable bonds is 2. The molecule has 15 heavy (non-hydrogen) atoms. The lowest BCUT2D eigenvalue weighted by atomic mass is 9.53. The zero-order valence-corrected chi connectivity index (χ0v) is 11.9. The Hall–Kier alpha value is 0. The van der Waals surface area contributed by atoms with E-state index < -0.39 is 0 Å². The molecule has 0 nitrogen and oxygen atoms in total. The van der Waals surface area contributed by atoms with Crippen LogP contribution in [-0.4, -0.2) is 0 Å². The summed E-state index contributed by atoms with van der Waals surface area (Å²) < 4.78 is 0. The smallest absolute Gasteiger partial charge is 0.0282 e. The molecule has 0 aliphatic heterocycles. The first kappa shape index (κ1) is 13.1. The Bertz CT molecular complexity index is 187. The maximum absolute atomic E-state index is 2.41. The van der Waals surface area contributed by atoms with E-state index in [-0.39, 0.29) is 0 Å². The van der Waals surface area contributed by atoms with Crippen molar-refractivity contribution in [2.45, 2.75) is 74.1 Å². The highest BCUT2D eigenvalue weighted by molar-refractivity contribution is 4.96. The minimum absolute atomic E-state index is 0.491. The standard InChI is InChI=1S/C15H30/c1-12-8-15(9-12,10-13(2,3)4)11-14(5,6)7/h12H,8-11H2,1-7H3. The molecule has 0 heterocycles. The summed E-state index contributed by atoms with van der Waals surface area (Å²) in [6, 6.07) is 0. The van der Waals surface area contributed by atoms with Gasteiger partial charge in [0.1, 0.15) is 0 Å². The van der Waals surface area contributed by atoms with E-state index in [1.807, 2.05) is 0 Å². The van der Waals surface area contributed by atoms with E-state index in [1.165, 1.54) is 25.7 Å². The Kier molecular flexibility index (Phi) is 3.30.